The van der Waals surface area contributed by atoms with Crippen LogP contribution in [0.25, 0.3) is 0 Å². The molecule has 0 spiro atoms. The Kier molecular flexibility index (Phi) is 7.22. The zero-order valence-electron chi connectivity index (χ0n) is 16.3. The monoisotopic (exact) mass is 398 g/mol. The van der Waals surface area contributed by atoms with Crippen LogP contribution in [0.4, 0.5) is 0 Å². The molecule has 0 radical (unpaired) electrons. The maximum Gasteiger partial charge on any atom is 0.324 e. The Morgan fingerprint density at radius 3 is 2.03 bits per heavy atom. The number of allylic oxidation sites excluding steroid dienone is 1. The van der Waals surface area contributed by atoms with Gasteiger partial charge in [0.25, 0.3) is 11.8 Å². The smallest absolute Gasteiger partial charge is 0.324 e. The number of benzene rings is 1. The maximum atomic E-state index is 12.6. The summed E-state index contributed by atoms with van der Waals surface area (Å²) in [6, 6.07) is 6.35. The van der Waals surface area contributed by atoms with Gasteiger partial charge >= 0.3 is 11.9 Å². The lowest BCUT2D eigenvalue weighted by atomic mass is 9.81. The minimum absolute atomic E-state index is 0.0628. The molecule has 0 aliphatic carbocycles. The van der Waals surface area contributed by atoms with Crippen LogP contribution < -0.4 is 0 Å². The zero-order chi connectivity index (χ0) is 21.4. The molecule has 1 aliphatic rings. The lowest BCUT2D eigenvalue weighted by Gasteiger charge is -2.26. The highest BCUT2D eigenvalue weighted by Gasteiger charge is 2.47. The van der Waals surface area contributed by atoms with E-state index in [9.17, 15) is 19.2 Å². The van der Waals surface area contributed by atoms with Gasteiger partial charge in [-0.3, -0.25) is 19.2 Å². The summed E-state index contributed by atoms with van der Waals surface area (Å²) in [5.74, 6) is -2.74. The molecule has 0 bridgehead atoms. The normalized spacial score (nSPS) is 13.2. The predicted molar refractivity (Wildman–Crippen MR) is 104 cm³/mol. The van der Waals surface area contributed by atoms with Crippen LogP contribution in [0.5, 0.6) is 0 Å². The third-order valence-corrected chi connectivity index (χ3v) is 4.34. The predicted octanol–water partition coefficient (Wildman–Crippen LogP) is 2.50. The number of fused-ring (bicyclic) bond motifs is 1. The highest BCUT2D eigenvalue weighted by Crippen LogP contribution is 2.31. The summed E-state index contributed by atoms with van der Waals surface area (Å²) in [4.78, 5) is 50.0. The van der Waals surface area contributed by atoms with Gasteiger partial charge in [0.05, 0.1) is 24.3 Å². The number of ether oxygens (including phenoxy) is 2. The molecular formula is C21H22N2O6. The second kappa shape index (κ2) is 9.61. The first-order chi connectivity index (χ1) is 13.9. The van der Waals surface area contributed by atoms with Gasteiger partial charge in [0.15, 0.2) is 5.41 Å². The topological polar surface area (TPSA) is 102 Å². The highest BCUT2D eigenvalue weighted by molar-refractivity contribution is 6.21. The number of carbonyl (C=O) groups excluding carboxylic acids is 4. The van der Waals surface area contributed by atoms with E-state index in [1.54, 1.807) is 26.0 Å². The minimum atomic E-state index is -1.72. The number of hydrazone groups is 1. The molecule has 1 aromatic rings. The van der Waals surface area contributed by atoms with Crippen LogP contribution in [-0.2, 0) is 19.1 Å². The molecule has 0 fully saturated rings. The summed E-state index contributed by atoms with van der Waals surface area (Å²) >= 11 is 0. The average molecular weight is 398 g/mol. The first-order valence-corrected chi connectivity index (χ1v) is 9.11. The quantitative estimate of drug-likeness (QED) is 0.208. The average Bonchev–Trinajstić information content (AvgIpc) is 2.96. The van der Waals surface area contributed by atoms with E-state index in [0.29, 0.717) is 5.01 Å². The van der Waals surface area contributed by atoms with Crippen LogP contribution in [0.2, 0.25) is 0 Å². The van der Waals surface area contributed by atoms with E-state index in [4.69, 9.17) is 9.47 Å². The number of imide groups is 1. The van der Waals surface area contributed by atoms with Crippen molar-refractivity contribution in [2.75, 3.05) is 13.2 Å². The van der Waals surface area contributed by atoms with Gasteiger partial charge in [-0.25, -0.2) is 0 Å². The second-order valence-corrected chi connectivity index (χ2v) is 6.11. The van der Waals surface area contributed by atoms with Crippen molar-refractivity contribution in [2.24, 2.45) is 10.5 Å². The molecule has 1 aliphatic heterocycles. The third-order valence-electron chi connectivity index (χ3n) is 4.34. The van der Waals surface area contributed by atoms with Gasteiger partial charge in [0.1, 0.15) is 0 Å². The van der Waals surface area contributed by atoms with E-state index in [1.807, 2.05) is 0 Å². The van der Waals surface area contributed by atoms with E-state index in [1.165, 1.54) is 24.4 Å². The number of hydrogen-bond acceptors (Lipinski definition) is 7. The fourth-order valence-corrected chi connectivity index (χ4v) is 2.84. The summed E-state index contributed by atoms with van der Waals surface area (Å²) in [5.41, 5.74) is 1.28. The lowest BCUT2D eigenvalue weighted by molar-refractivity contribution is -0.171. The van der Waals surface area contributed by atoms with Crippen molar-refractivity contribution in [1.82, 2.24) is 5.01 Å². The molecule has 0 saturated carbocycles. The first-order valence-electron chi connectivity index (χ1n) is 9.11. The summed E-state index contributed by atoms with van der Waals surface area (Å²) in [7, 11) is 0. The van der Waals surface area contributed by atoms with Gasteiger partial charge in [-0.1, -0.05) is 18.7 Å². The van der Waals surface area contributed by atoms with E-state index in [-0.39, 0.29) is 37.2 Å². The van der Waals surface area contributed by atoms with Gasteiger partial charge < -0.3 is 9.47 Å². The largest absolute Gasteiger partial charge is 0.465 e. The summed E-state index contributed by atoms with van der Waals surface area (Å²) in [5, 5.41) is 4.63. The molecule has 0 unspecified atom stereocenters. The van der Waals surface area contributed by atoms with Gasteiger partial charge in [-0.15, -0.1) is 5.73 Å². The molecule has 0 atom stereocenters. The first kappa shape index (κ1) is 21.8. The molecule has 0 aromatic heterocycles. The van der Waals surface area contributed by atoms with E-state index in [2.05, 4.69) is 17.4 Å². The van der Waals surface area contributed by atoms with Gasteiger partial charge in [-0.05, 0) is 38.5 Å². The molecule has 152 valence electrons. The van der Waals surface area contributed by atoms with Crippen LogP contribution in [0.3, 0.4) is 0 Å². The van der Waals surface area contributed by atoms with Crippen LogP contribution in [0, 0.1) is 5.41 Å². The van der Waals surface area contributed by atoms with Crippen molar-refractivity contribution in [3.63, 3.8) is 0 Å². The number of esters is 2. The van der Waals surface area contributed by atoms with E-state index >= 15 is 0 Å². The fraction of sp³-hybridized carbons (Fsp3) is 0.333. The van der Waals surface area contributed by atoms with Crippen molar-refractivity contribution in [3.8, 4) is 0 Å². The second-order valence-electron chi connectivity index (χ2n) is 6.11. The standard InChI is InChI=1S/C21H22N2O6/c1-4-7-12-21(19(26)28-5-2,20(27)29-6-3)13-14-22-23-17(24)15-10-8-9-11-16(15)18(23)25/h7-11,14H,1,5-6,12-13H2,2-3H3. The number of nitrogens with zero attached hydrogens (tertiary/aromatic N) is 2. The van der Waals surface area contributed by atoms with Gasteiger partial charge in [0, 0.05) is 12.6 Å². The Hall–Kier alpha value is -3.51. The molecular weight excluding hydrogens is 376 g/mol. The van der Waals surface area contributed by atoms with Crippen LogP contribution >= 0.6 is 0 Å². The fourth-order valence-electron chi connectivity index (χ4n) is 2.84. The van der Waals surface area contributed by atoms with Crippen LogP contribution in [0.1, 0.15) is 47.4 Å². The number of rotatable bonds is 9. The lowest BCUT2D eigenvalue weighted by Crippen LogP contribution is -2.42. The number of hydrogen-bond donors (Lipinski definition) is 0. The van der Waals surface area contributed by atoms with Crippen molar-refractivity contribution in [3.05, 3.63) is 53.8 Å². The van der Waals surface area contributed by atoms with Crippen molar-refractivity contribution in [1.29, 1.82) is 0 Å². The Morgan fingerprint density at radius 1 is 1.07 bits per heavy atom. The van der Waals surface area contributed by atoms with Crippen LogP contribution in [-0.4, -0.2) is 48.2 Å². The number of carbonyl (C=O) groups is 4. The van der Waals surface area contributed by atoms with E-state index in [0.717, 1.165) is 0 Å². The SMILES string of the molecule is C=C=CCC(CC=NN1C(=O)c2ccccc2C1=O)(C(=O)OCC)C(=O)OCC. The molecule has 2 amide bonds. The molecule has 0 saturated heterocycles. The highest BCUT2D eigenvalue weighted by atomic mass is 16.6. The van der Waals surface area contributed by atoms with Crippen molar-refractivity contribution < 1.29 is 28.7 Å². The third kappa shape index (κ3) is 4.33. The van der Waals surface area contributed by atoms with Crippen molar-refractivity contribution in [2.45, 2.75) is 26.7 Å². The summed E-state index contributed by atoms with van der Waals surface area (Å²) < 4.78 is 10.1. The zero-order valence-corrected chi connectivity index (χ0v) is 16.3. The van der Waals surface area contributed by atoms with Crippen LogP contribution in [0.15, 0.2) is 47.8 Å². The molecule has 0 N–H and O–H groups in total. The Morgan fingerprint density at radius 2 is 1.59 bits per heavy atom. The molecule has 29 heavy (non-hydrogen) atoms. The molecule has 1 aromatic carbocycles. The maximum absolute atomic E-state index is 12.6. The molecule has 8 heteroatoms. The summed E-state index contributed by atoms with van der Waals surface area (Å²) in [6.07, 6.45) is 2.27. The molecule has 1 heterocycles. The van der Waals surface area contributed by atoms with Crippen molar-refractivity contribution >= 4 is 30.0 Å². The Balaban J connectivity index is 2.32. The Bertz CT molecular complexity index is 845. The Labute approximate surface area is 168 Å². The van der Waals surface area contributed by atoms with E-state index < -0.39 is 29.2 Å². The van der Waals surface area contributed by atoms with Gasteiger partial charge in [0.2, 0.25) is 0 Å². The molecule has 2 rings (SSSR count). The number of amides is 2. The minimum Gasteiger partial charge on any atom is -0.465 e. The van der Waals surface area contributed by atoms with Gasteiger partial charge in [-0.2, -0.15) is 10.1 Å². The molecule has 8 nitrogen and oxygen atoms in total. The summed E-state index contributed by atoms with van der Waals surface area (Å²) in [6.45, 7) is 6.80.